The van der Waals surface area contributed by atoms with Crippen LogP contribution in [0.5, 0.6) is 17.2 Å². The quantitative estimate of drug-likeness (QED) is 0.462. The number of hydrogen-bond acceptors (Lipinski definition) is 5. The Morgan fingerprint density at radius 2 is 1.59 bits per heavy atom. The van der Waals surface area contributed by atoms with Crippen LogP contribution in [0, 0.1) is 0 Å². The summed E-state index contributed by atoms with van der Waals surface area (Å²) in [4.78, 5) is 12.7. The maximum Gasteiger partial charge on any atom is 0.204 e. The molecule has 146 valence electrons. The molecule has 0 saturated heterocycles. The summed E-state index contributed by atoms with van der Waals surface area (Å²) < 4.78 is 22.9. The molecular weight excluding hydrogens is 368 g/mol. The fourth-order valence-corrected chi connectivity index (χ4v) is 3.19. The topological polar surface area (TPSA) is 57.9 Å². The summed E-state index contributed by atoms with van der Waals surface area (Å²) in [7, 11) is 3.05. The van der Waals surface area contributed by atoms with Crippen LogP contribution in [0.4, 0.5) is 0 Å². The second kappa shape index (κ2) is 8.10. The molecule has 29 heavy (non-hydrogen) atoms. The van der Waals surface area contributed by atoms with Crippen LogP contribution in [-0.2, 0) is 6.61 Å². The zero-order chi connectivity index (χ0) is 20.2. The first kappa shape index (κ1) is 18.6. The van der Waals surface area contributed by atoms with Gasteiger partial charge in [-0.1, -0.05) is 42.5 Å². The van der Waals surface area contributed by atoms with Gasteiger partial charge in [0.1, 0.15) is 18.1 Å². The van der Waals surface area contributed by atoms with Gasteiger partial charge in [0.25, 0.3) is 0 Å². The zero-order valence-corrected chi connectivity index (χ0v) is 16.2. The molecule has 5 heteroatoms. The van der Waals surface area contributed by atoms with Gasteiger partial charge in [-0.2, -0.15) is 0 Å². The third-order valence-corrected chi connectivity index (χ3v) is 4.63. The largest absolute Gasteiger partial charge is 0.493 e. The fraction of sp³-hybridized carbons (Fsp3) is 0.125. The van der Waals surface area contributed by atoms with Gasteiger partial charge in [-0.15, -0.1) is 0 Å². The van der Waals surface area contributed by atoms with E-state index < -0.39 is 0 Å². The van der Waals surface area contributed by atoms with Crippen LogP contribution in [0.3, 0.4) is 0 Å². The second-order valence-electron chi connectivity index (χ2n) is 6.42. The molecule has 1 aromatic heterocycles. The lowest BCUT2D eigenvalue weighted by Crippen LogP contribution is -2.03. The number of hydrogen-bond donors (Lipinski definition) is 0. The molecule has 0 amide bonds. The van der Waals surface area contributed by atoms with Crippen LogP contribution in [0.1, 0.15) is 5.56 Å². The van der Waals surface area contributed by atoms with Crippen LogP contribution in [-0.4, -0.2) is 14.2 Å². The van der Waals surface area contributed by atoms with Crippen molar-refractivity contribution in [2.75, 3.05) is 14.2 Å². The Bertz CT molecular complexity index is 1200. The first-order chi connectivity index (χ1) is 14.2. The molecule has 4 aromatic rings. The van der Waals surface area contributed by atoms with Crippen molar-refractivity contribution >= 4 is 11.0 Å². The molecule has 0 bridgehead atoms. The van der Waals surface area contributed by atoms with Gasteiger partial charge < -0.3 is 18.6 Å². The molecule has 0 radical (unpaired) electrons. The van der Waals surface area contributed by atoms with Crippen LogP contribution >= 0.6 is 0 Å². The third kappa shape index (κ3) is 3.67. The van der Waals surface area contributed by atoms with Gasteiger partial charge in [0, 0.05) is 6.07 Å². The molecule has 0 spiro atoms. The number of methoxy groups -OCH3 is 2. The van der Waals surface area contributed by atoms with Crippen molar-refractivity contribution in [2.24, 2.45) is 0 Å². The molecule has 0 aliphatic rings. The molecule has 1 heterocycles. The van der Waals surface area contributed by atoms with E-state index in [1.165, 1.54) is 13.2 Å². The predicted octanol–water partition coefficient (Wildman–Crippen LogP) is 5.06. The summed E-state index contributed by atoms with van der Waals surface area (Å²) in [5.74, 6) is 1.90. The molecule has 0 N–H and O–H groups in total. The SMILES string of the molecule is COc1ccc2c(=O)cc(-c3ccccc3OCc3ccccc3)oc2c1OC. The highest BCUT2D eigenvalue weighted by molar-refractivity contribution is 5.87. The van der Waals surface area contributed by atoms with Gasteiger partial charge in [-0.3, -0.25) is 4.79 Å². The Kier molecular flexibility index (Phi) is 5.20. The van der Waals surface area contributed by atoms with E-state index in [0.29, 0.717) is 46.1 Å². The van der Waals surface area contributed by atoms with E-state index >= 15 is 0 Å². The second-order valence-corrected chi connectivity index (χ2v) is 6.42. The van der Waals surface area contributed by atoms with Crippen molar-refractivity contribution in [3.8, 4) is 28.6 Å². The Balaban J connectivity index is 1.80. The van der Waals surface area contributed by atoms with Gasteiger partial charge >= 0.3 is 0 Å². The minimum Gasteiger partial charge on any atom is -0.493 e. The minimum absolute atomic E-state index is 0.167. The van der Waals surface area contributed by atoms with E-state index in [4.69, 9.17) is 18.6 Å². The summed E-state index contributed by atoms with van der Waals surface area (Å²) in [6.07, 6.45) is 0. The first-order valence-electron chi connectivity index (χ1n) is 9.16. The Hall–Kier alpha value is -3.73. The van der Waals surface area contributed by atoms with Crippen molar-refractivity contribution < 1.29 is 18.6 Å². The number of ether oxygens (including phenoxy) is 3. The van der Waals surface area contributed by atoms with Crippen molar-refractivity contribution in [3.05, 3.63) is 88.6 Å². The van der Waals surface area contributed by atoms with Gasteiger partial charge in [0.05, 0.1) is 25.2 Å². The van der Waals surface area contributed by atoms with E-state index in [2.05, 4.69) is 0 Å². The van der Waals surface area contributed by atoms with Crippen LogP contribution in [0.15, 0.2) is 82.0 Å². The van der Waals surface area contributed by atoms with E-state index in [0.717, 1.165) is 5.56 Å². The molecule has 0 aliphatic carbocycles. The standard InChI is InChI=1S/C24H20O5/c1-26-21-13-12-17-19(25)14-22(29-23(17)24(21)27-2)18-10-6-7-11-20(18)28-15-16-8-4-3-5-9-16/h3-14H,15H2,1-2H3. The number of rotatable bonds is 6. The van der Waals surface area contributed by atoms with Crippen molar-refractivity contribution in [2.45, 2.75) is 6.61 Å². The fourth-order valence-electron chi connectivity index (χ4n) is 3.19. The van der Waals surface area contributed by atoms with E-state index in [9.17, 15) is 4.79 Å². The summed E-state index contributed by atoms with van der Waals surface area (Å²) in [6, 6.07) is 22.2. The molecule has 0 aliphatic heterocycles. The molecule has 0 saturated carbocycles. The van der Waals surface area contributed by atoms with E-state index in [1.54, 1.807) is 19.2 Å². The van der Waals surface area contributed by atoms with E-state index in [1.807, 2.05) is 54.6 Å². The summed E-state index contributed by atoms with van der Waals surface area (Å²) >= 11 is 0. The monoisotopic (exact) mass is 388 g/mol. The molecule has 3 aromatic carbocycles. The van der Waals surface area contributed by atoms with Gasteiger partial charge in [-0.25, -0.2) is 0 Å². The molecule has 0 atom stereocenters. The third-order valence-electron chi connectivity index (χ3n) is 4.63. The summed E-state index contributed by atoms with van der Waals surface area (Å²) in [5, 5.41) is 0.425. The lowest BCUT2D eigenvalue weighted by molar-refractivity contribution is 0.307. The predicted molar refractivity (Wildman–Crippen MR) is 112 cm³/mol. The van der Waals surface area contributed by atoms with Crippen molar-refractivity contribution in [1.82, 2.24) is 0 Å². The number of fused-ring (bicyclic) bond motifs is 1. The molecule has 5 nitrogen and oxygen atoms in total. The first-order valence-corrected chi connectivity index (χ1v) is 9.16. The maximum absolute atomic E-state index is 12.7. The van der Waals surface area contributed by atoms with Gasteiger partial charge in [-0.05, 0) is 29.8 Å². The number of benzene rings is 3. The van der Waals surface area contributed by atoms with E-state index in [-0.39, 0.29) is 5.43 Å². The Labute approximate surface area is 168 Å². The highest BCUT2D eigenvalue weighted by Crippen LogP contribution is 2.37. The lowest BCUT2D eigenvalue weighted by atomic mass is 10.1. The normalized spacial score (nSPS) is 10.7. The van der Waals surface area contributed by atoms with Crippen LogP contribution in [0.2, 0.25) is 0 Å². The average molecular weight is 388 g/mol. The van der Waals surface area contributed by atoms with Crippen LogP contribution in [0.25, 0.3) is 22.3 Å². The summed E-state index contributed by atoms with van der Waals surface area (Å²) in [6.45, 7) is 0.410. The zero-order valence-electron chi connectivity index (χ0n) is 16.2. The molecular formula is C24H20O5. The van der Waals surface area contributed by atoms with Crippen molar-refractivity contribution in [3.63, 3.8) is 0 Å². The summed E-state index contributed by atoms with van der Waals surface area (Å²) in [5.41, 5.74) is 1.91. The average Bonchev–Trinajstić information content (AvgIpc) is 2.77. The lowest BCUT2D eigenvalue weighted by Gasteiger charge is -2.13. The Morgan fingerprint density at radius 1 is 0.828 bits per heavy atom. The Morgan fingerprint density at radius 3 is 2.34 bits per heavy atom. The van der Waals surface area contributed by atoms with Gasteiger partial charge in [0.2, 0.25) is 5.75 Å². The highest BCUT2D eigenvalue weighted by Gasteiger charge is 2.17. The van der Waals surface area contributed by atoms with Crippen molar-refractivity contribution in [1.29, 1.82) is 0 Å². The number of para-hydroxylation sites is 1. The highest BCUT2D eigenvalue weighted by atomic mass is 16.5. The smallest absolute Gasteiger partial charge is 0.204 e. The van der Waals surface area contributed by atoms with Gasteiger partial charge in [0.15, 0.2) is 16.8 Å². The molecule has 4 rings (SSSR count). The maximum atomic E-state index is 12.7. The molecule has 0 unspecified atom stereocenters. The minimum atomic E-state index is -0.167. The molecule has 0 fully saturated rings. The van der Waals surface area contributed by atoms with Crippen LogP contribution < -0.4 is 19.6 Å².